The van der Waals surface area contributed by atoms with E-state index in [-0.39, 0.29) is 0 Å². The zero-order valence-corrected chi connectivity index (χ0v) is 13.5. The second kappa shape index (κ2) is 6.77. The molecule has 0 atom stereocenters. The first-order valence-corrected chi connectivity index (χ1v) is 8.27. The fourth-order valence-electron chi connectivity index (χ4n) is 3.07. The second-order valence-electron chi connectivity index (χ2n) is 5.73. The van der Waals surface area contributed by atoms with Crippen molar-refractivity contribution in [3.63, 3.8) is 0 Å². The Morgan fingerprint density at radius 2 is 1.86 bits per heavy atom. The standard InChI is InChI=1S/C18H24N4/c1-3-12-21(13-4-2)18-19-11-9-17(20-18)22-14-10-15-7-5-6-8-16(15)22/h5-9,11H,3-4,10,12-14H2,1-2H3. The summed E-state index contributed by atoms with van der Waals surface area (Å²) in [5, 5.41) is 0. The molecule has 1 aliphatic heterocycles. The third-order valence-electron chi connectivity index (χ3n) is 4.06. The van der Waals surface area contributed by atoms with Gasteiger partial charge in [0.1, 0.15) is 5.82 Å². The fourth-order valence-corrected chi connectivity index (χ4v) is 3.07. The summed E-state index contributed by atoms with van der Waals surface area (Å²) in [5.41, 5.74) is 2.69. The highest BCUT2D eigenvalue weighted by atomic mass is 15.3. The van der Waals surface area contributed by atoms with E-state index in [0.717, 1.165) is 50.7 Å². The maximum Gasteiger partial charge on any atom is 0.227 e. The van der Waals surface area contributed by atoms with Crippen molar-refractivity contribution in [1.82, 2.24) is 9.97 Å². The van der Waals surface area contributed by atoms with Gasteiger partial charge in [0.2, 0.25) is 5.95 Å². The Labute approximate surface area is 132 Å². The Bertz CT molecular complexity index is 620. The molecule has 0 saturated carbocycles. The van der Waals surface area contributed by atoms with Gasteiger partial charge in [-0.3, -0.25) is 0 Å². The summed E-state index contributed by atoms with van der Waals surface area (Å²) in [5.74, 6) is 1.86. The molecule has 0 unspecified atom stereocenters. The van der Waals surface area contributed by atoms with Crippen molar-refractivity contribution in [1.29, 1.82) is 0 Å². The van der Waals surface area contributed by atoms with Crippen LogP contribution in [-0.2, 0) is 6.42 Å². The number of rotatable bonds is 6. The third-order valence-corrected chi connectivity index (χ3v) is 4.06. The normalized spacial score (nSPS) is 13.3. The van der Waals surface area contributed by atoms with Crippen LogP contribution in [0.1, 0.15) is 32.3 Å². The van der Waals surface area contributed by atoms with E-state index >= 15 is 0 Å². The fraction of sp³-hybridized carbons (Fsp3) is 0.444. The maximum absolute atomic E-state index is 4.83. The largest absolute Gasteiger partial charge is 0.341 e. The molecule has 1 aromatic carbocycles. The number of nitrogens with zero attached hydrogens (tertiary/aromatic N) is 4. The first kappa shape index (κ1) is 14.8. The minimum absolute atomic E-state index is 0.852. The number of anilines is 3. The van der Waals surface area contributed by atoms with Crippen LogP contribution < -0.4 is 9.80 Å². The van der Waals surface area contributed by atoms with Crippen LogP contribution in [0.3, 0.4) is 0 Å². The zero-order chi connectivity index (χ0) is 15.4. The van der Waals surface area contributed by atoms with Crippen LogP contribution in [-0.4, -0.2) is 29.6 Å². The third kappa shape index (κ3) is 2.91. The van der Waals surface area contributed by atoms with Gasteiger partial charge in [-0.05, 0) is 37.0 Å². The van der Waals surface area contributed by atoms with E-state index in [4.69, 9.17) is 4.98 Å². The van der Waals surface area contributed by atoms with Gasteiger partial charge in [-0.2, -0.15) is 4.98 Å². The van der Waals surface area contributed by atoms with E-state index in [1.165, 1.54) is 11.3 Å². The summed E-state index contributed by atoms with van der Waals surface area (Å²) in [6, 6.07) is 10.6. The summed E-state index contributed by atoms with van der Waals surface area (Å²) in [4.78, 5) is 13.9. The van der Waals surface area contributed by atoms with Gasteiger partial charge < -0.3 is 9.80 Å². The van der Waals surface area contributed by atoms with Crippen LogP contribution in [0.5, 0.6) is 0 Å². The first-order chi connectivity index (χ1) is 10.8. The van der Waals surface area contributed by atoms with Gasteiger partial charge in [0, 0.05) is 31.5 Å². The Morgan fingerprint density at radius 3 is 2.64 bits per heavy atom. The molecule has 0 radical (unpaired) electrons. The molecular formula is C18H24N4. The van der Waals surface area contributed by atoms with E-state index in [9.17, 15) is 0 Å². The molecular weight excluding hydrogens is 272 g/mol. The summed E-state index contributed by atoms with van der Waals surface area (Å²) >= 11 is 0. The average molecular weight is 296 g/mol. The highest BCUT2D eigenvalue weighted by Crippen LogP contribution is 2.33. The molecule has 0 spiro atoms. The molecule has 0 N–H and O–H groups in total. The average Bonchev–Trinajstić information content (AvgIpc) is 2.99. The van der Waals surface area contributed by atoms with E-state index in [0.29, 0.717) is 0 Å². The van der Waals surface area contributed by atoms with Crippen molar-refractivity contribution >= 4 is 17.5 Å². The Morgan fingerprint density at radius 1 is 1.09 bits per heavy atom. The molecule has 2 heterocycles. The van der Waals surface area contributed by atoms with E-state index in [2.05, 4.69) is 52.9 Å². The molecule has 0 amide bonds. The van der Waals surface area contributed by atoms with Crippen molar-refractivity contribution in [2.24, 2.45) is 0 Å². The Hall–Kier alpha value is -2.10. The van der Waals surface area contributed by atoms with E-state index in [1.807, 2.05) is 12.3 Å². The van der Waals surface area contributed by atoms with E-state index in [1.54, 1.807) is 0 Å². The molecule has 3 rings (SSSR count). The van der Waals surface area contributed by atoms with Gasteiger partial charge in [-0.25, -0.2) is 4.98 Å². The van der Waals surface area contributed by atoms with Gasteiger partial charge in [-0.15, -0.1) is 0 Å². The maximum atomic E-state index is 4.83. The Kier molecular flexibility index (Phi) is 4.56. The van der Waals surface area contributed by atoms with Gasteiger partial charge in [0.15, 0.2) is 0 Å². The number of aromatic nitrogens is 2. The lowest BCUT2D eigenvalue weighted by Crippen LogP contribution is -2.27. The minimum atomic E-state index is 0.852. The molecule has 1 aliphatic rings. The van der Waals surface area contributed by atoms with Gasteiger partial charge in [0.05, 0.1) is 0 Å². The van der Waals surface area contributed by atoms with Crippen LogP contribution in [0.4, 0.5) is 17.5 Å². The van der Waals surface area contributed by atoms with Crippen LogP contribution in [0.25, 0.3) is 0 Å². The molecule has 1 aromatic heterocycles. The lowest BCUT2D eigenvalue weighted by atomic mass is 10.2. The Balaban J connectivity index is 1.88. The first-order valence-electron chi connectivity index (χ1n) is 8.27. The predicted octanol–water partition coefficient (Wildman–Crippen LogP) is 3.80. The summed E-state index contributed by atoms with van der Waals surface area (Å²) in [6.07, 6.45) is 5.19. The number of hydrogen-bond acceptors (Lipinski definition) is 4. The predicted molar refractivity (Wildman–Crippen MR) is 92.0 cm³/mol. The molecule has 4 heteroatoms. The highest BCUT2D eigenvalue weighted by Gasteiger charge is 2.21. The lowest BCUT2D eigenvalue weighted by Gasteiger charge is -2.24. The number of para-hydroxylation sites is 1. The van der Waals surface area contributed by atoms with Crippen LogP contribution in [0.15, 0.2) is 36.5 Å². The van der Waals surface area contributed by atoms with Crippen LogP contribution >= 0.6 is 0 Å². The highest BCUT2D eigenvalue weighted by molar-refractivity contribution is 5.67. The number of hydrogen-bond donors (Lipinski definition) is 0. The summed E-state index contributed by atoms with van der Waals surface area (Å²) in [6.45, 7) is 7.41. The SMILES string of the molecule is CCCN(CCC)c1nccc(N2CCc3ccccc32)n1. The van der Waals surface area contributed by atoms with Gasteiger partial charge in [-0.1, -0.05) is 32.0 Å². The second-order valence-corrected chi connectivity index (χ2v) is 5.73. The lowest BCUT2D eigenvalue weighted by molar-refractivity contribution is 0.720. The molecule has 116 valence electrons. The van der Waals surface area contributed by atoms with Gasteiger partial charge >= 0.3 is 0 Å². The van der Waals surface area contributed by atoms with Crippen LogP contribution in [0.2, 0.25) is 0 Å². The molecule has 0 aliphatic carbocycles. The molecule has 0 bridgehead atoms. The zero-order valence-electron chi connectivity index (χ0n) is 13.5. The smallest absolute Gasteiger partial charge is 0.227 e. The number of fused-ring (bicyclic) bond motifs is 1. The van der Waals surface area contributed by atoms with Crippen molar-refractivity contribution in [2.75, 3.05) is 29.4 Å². The van der Waals surface area contributed by atoms with Gasteiger partial charge in [0.25, 0.3) is 0 Å². The van der Waals surface area contributed by atoms with E-state index < -0.39 is 0 Å². The number of benzene rings is 1. The quantitative estimate of drug-likeness (QED) is 0.811. The molecule has 2 aromatic rings. The molecule has 0 saturated heterocycles. The molecule has 0 fully saturated rings. The molecule has 4 nitrogen and oxygen atoms in total. The van der Waals surface area contributed by atoms with Crippen molar-refractivity contribution in [3.8, 4) is 0 Å². The van der Waals surface area contributed by atoms with Crippen LogP contribution in [0, 0.1) is 0 Å². The monoisotopic (exact) mass is 296 g/mol. The van der Waals surface area contributed by atoms with Crippen molar-refractivity contribution < 1.29 is 0 Å². The van der Waals surface area contributed by atoms with Crippen molar-refractivity contribution in [3.05, 3.63) is 42.1 Å². The topological polar surface area (TPSA) is 32.3 Å². The summed E-state index contributed by atoms with van der Waals surface area (Å²) in [7, 11) is 0. The minimum Gasteiger partial charge on any atom is -0.341 e. The van der Waals surface area contributed by atoms with Crippen molar-refractivity contribution in [2.45, 2.75) is 33.1 Å². The summed E-state index contributed by atoms with van der Waals surface area (Å²) < 4.78 is 0. The molecule has 22 heavy (non-hydrogen) atoms.